The van der Waals surface area contributed by atoms with Gasteiger partial charge in [0.05, 0.1) is 24.2 Å². The minimum atomic E-state index is -1.27. The number of unbranched alkanes of at least 4 members (excludes halogenated alkanes) is 1. The first-order valence-corrected chi connectivity index (χ1v) is 7.47. The highest BCUT2D eigenvalue weighted by Crippen LogP contribution is 2.16. The molecule has 0 bridgehead atoms. The van der Waals surface area contributed by atoms with Crippen LogP contribution in [-0.4, -0.2) is 37.4 Å². The summed E-state index contributed by atoms with van der Waals surface area (Å²) >= 11 is 0. The summed E-state index contributed by atoms with van der Waals surface area (Å²) in [4.78, 5) is 0. The molecule has 1 aromatic heterocycles. The van der Waals surface area contributed by atoms with Gasteiger partial charge in [-0.2, -0.15) is 5.26 Å². The molecule has 1 unspecified atom stereocenters. The summed E-state index contributed by atoms with van der Waals surface area (Å²) in [5.74, 6) is 0.596. The van der Waals surface area contributed by atoms with Gasteiger partial charge < -0.3 is 15.8 Å². The maximum atomic E-state index is 8.81. The van der Waals surface area contributed by atoms with Gasteiger partial charge in [-0.15, -0.1) is 17.5 Å². The highest BCUT2D eigenvalue weighted by atomic mass is 35.5. The van der Waals surface area contributed by atoms with Crippen LogP contribution in [0, 0.1) is 11.3 Å². The van der Waals surface area contributed by atoms with Crippen molar-refractivity contribution in [3.05, 3.63) is 41.2 Å². The number of benzene rings is 1. The molecule has 4 N–H and O–H groups in total. The third-order valence-corrected chi connectivity index (χ3v) is 3.53. The predicted octanol–water partition coefficient (Wildman–Crippen LogP) is 0.658. The molecule has 0 amide bonds. The predicted molar refractivity (Wildman–Crippen MR) is 91.1 cm³/mol. The Morgan fingerprint density at radius 2 is 1.96 bits per heavy atom. The van der Waals surface area contributed by atoms with Gasteiger partial charge in [0, 0.05) is 0 Å². The van der Waals surface area contributed by atoms with E-state index < -0.39 is 7.12 Å². The number of hydrogen-bond donors (Lipinski definition) is 3. The third-order valence-electron chi connectivity index (χ3n) is 3.53. The topological polar surface area (TPSA) is 134 Å². The molecule has 1 aromatic carbocycles. The Kier molecular flexibility index (Phi) is 8.36. The largest absolute Gasteiger partial charge is 0.451 e. The second-order valence-electron chi connectivity index (χ2n) is 5.38. The van der Waals surface area contributed by atoms with Crippen LogP contribution in [-0.2, 0) is 6.54 Å². The van der Waals surface area contributed by atoms with Crippen LogP contribution in [0.2, 0.25) is 6.32 Å². The summed E-state index contributed by atoms with van der Waals surface area (Å²) in [5.41, 5.74) is 7.71. The first-order valence-electron chi connectivity index (χ1n) is 7.47. The fourth-order valence-corrected chi connectivity index (χ4v) is 2.27. The molecule has 1 atom stereocenters. The van der Waals surface area contributed by atoms with E-state index in [1.165, 1.54) is 0 Å². The van der Waals surface area contributed by atoms with Crippen molar-refractivity contribution in [2.75, 3.05) is 0 Å². The van der Waals surface area contributed by atoms with Crippen molar-refractivity contribution in [3.63, 3.8) is 0 Å². The molecule has 2 rings (SSSR count). The van der Waals surface area contributed by atoms with Crippen molar-refractivity contribution in [3.8, 4) is 6.07 Å². The quantitative estimate of drug-likeness (QED) is 0.470. The van der Waals surface area contributed by atoms with Crippen LogP contribution >= 0.6 is 12.4 Å². The zero-order chi connectivity index (χ0) is 16.7. The first kappa shape index (κ1) is 20.1. The molecule has 2 aromatic rings. The highest BCUT2D eigenvalue weighted by molar-refractivity contribution is 6.40. The van der Waals surface area contributed by atoms with E-state index in [4.69, 9.17) is 21.0 Å². The molecular weight excluding hydrogens is 330 g/mol. The highest BCUT2D eigenvalue weighted by Gasteiger charge is 2.15. The Morgan fingerprint density at radius 1 is 1.25 bits per heavy atom. The van der Waals surface area contributed by atoms with Crippen molar-refractivity contribution in [2.45, 2.75) is 38.2 Å². The van der Waals surface area contributed by atoms with Crippen LogP contribution in [0.15, 0.2) is 24.3 Å². The fraction of sp³-hybridized carbons (Fsp3) is 0.429. The number of aromatic nitrogens is 4. The number of rotatable bonds is 8. The van der Waals surface area contributed by atoms with Gasteiger partial charge in [-0.1, -0.05) is 25.0 Å². The number of nitrogens with zero attached hydrogens (tertiary/aromatic N) is 5. The van der Waals surface area contributed by atoms with E-state index in [2.05, 4.69) is 21.6 Å². The summed E-state index contributed by atoms with van der Waals surface area (Å²) in [6, 6.07) is 8.99. The molecule has 1 heterocycles. The number of halogens is 1. The zero-order valence-corrected chi connectivity index (χ0v) is 13.9. The van der Waals surface area contributed by atoms with E-state index in [9.17, 15) is 0 Å². The second kappa shape index (κ2) is 10.00. The van der Waals surface area contributed by atoms with Crippen molar-refractivity contribution in [1.29, 1.82) is 5.26 Å². The lowest BCUT2D eigenvalue weighted by Gasteiger charge is -2.11. The summed E-state index contributed by atoms with van der Waals surface area (Å²) in [5, 5.41) is 38.1. The van der Waals surface area contributed by atoms with Crippen LogP contribution < -0.4 is 5.73 Å². The number of tetrazole rings is 1. The Balaban J connectivity index is 0.00000288. The summed E-state index contributed by atoms with van der Waals surface area (Å²) in [6.45, 7) is 0.483. The molecular formula is C14H20BClN6O2. The van der Waals surface area contributed by atoms with Gasteiger partial charge in [0.2, 0.25) is 0 Å². The maximum Gasteiger partial charge on any atom is 0.451 e. The van der Waals surface area contributed by atoms with E-state index in [1.807, 2.05) is 12.1 Å². The van der Waals surface area contributed by atoms with E-state index in [0.29, 0.717) is 37.1 Å². The van der Waals surface area contributed by atoms with E-state index in [0.717, 1.165) is 12.0 Å². The minimum absolute atomic E-state index is 0. The van der Waals surface area contributed by atoms with Crippen LogP contribution in [0.4, 0.5) is 0 Å². The SMILES string of the molecule is Cl.N#Cc1ccc(Cn2nnnc2C(N)CCCCB(O)O)cc1. The standard InChI is InChI=1S/C14H19BN6O2.ClH/c16-9-11-4-6-12(7-5-11)10-21-14(18-19-20-21)13(17)3-1-2-8-15(22)23;/h4-7,13,22-23H,1-3,8,10,17H2;1H. The number of nitriles is 1. The molecule has 0 aliphatic heterocycles. The van der Waals surface area contributed by atoms with Crippen molar-refractivity contribution < 1.29 is 10.0 Å². The van der Waals surface area contributed by atoms with Gasteiger partial charge in [-0.3, -0.25) is 0 Å². The van der Waals surface area contributed by atoms with E-state index in [-0.39, 0.29) is 18.4 Å². The Hall–Kier alpha value is -1.99. The average Bonchev–Trinajstić information content (AvgIpc) is 3.00. The normalized spacial score (nSPS) is 11.4. The summed E-state index contributed by atoms with van der Waals surface area (Å²) < 4.78 is 1.65. The lowest BCUT2D eigenvalue weighted by Crippen LogP contribution is -2.18. The molecule has 8 nitrogen and oxygen atoms in total. The average molecular weight is 351 g/mol. The fourth-order valence-electron chi connectivity index (χ4n) is 2.27. The van der Waals surface area contributed by atoms with Gasteiger partial charge in [0.25, 0.3) is 0 Å². The summed E-state index contributed by atoms with van der Waals surface area (Å²) in [7, 11) is -1.27. The number of hydrogen-bond acceptors (Lipinski definition) is 7. The van der Waals surface area contributed by atoms with Gasteiger partial charge in [0.1, 0.15) is 0 Å². The first-order chi connectivity index (χ1) is 11.1. The van der Waals surface area contributed by atoms with E-state index >= 15 is 0 Å². The molecule has 0 aliphatic carbocycles. The van der Waals surface area contributed by atoms with Gasteiger partial charge in [-0.05, 0) is 40.9 Å². The zero-order valence-electron chi connectivity index (χ0n) is 13.1. The Labute approximate surface area is 146 Å². The smallest absolute Gasteiger partial charge is 0.427 e. The molecule has 0 fully saturated rings. The summed E-state index contributed by atoms with van der Waals surface area (Å²) in [6.07, 6.45) is 2.45. The van der Waals surface area contributed by atoms with E-state index in [1.54, 1.807) is 16.8 Å². The number of nitrogens with two attached hydrogens (primary N) is 1. The Morgan fingerprint density at radius 3 is 2.58 bits per heavy atom. The van der Waals surface area contributed by atoms with Crippen LogP contribution in [0.1, 0.15) is 42.3 Å². The lowest BCUT2D eigenvalue weighted by atomic mass is 9.83. The molecule has 10 heteroatoms. The van der Waals surface area contributed by atoms with Crippen molar-refractivity contribution in [1.82, 2.24) is 20.2 Å². The van der Waals surface area contributed by atoms with Gasteiger partial charge in [-0.25, -0.2) is 4.68 Å². The van der Waals surface area contributed by atoms with Crippen LogP contribution in [0.5, 0.6) is 0 Å². The molecule has 0 saturated heterocycles. The third kappa shape index (κ3) is 5.90. The molecule has 0 saturated carbocycles. The molecule has 128 valence electrons. The van der Waals surface area contributed by atoms with Gasteiger partial charge in [0.15, 0.2) is 5.82 Å². The lowest BCUT2D eigenvalue weighted by molar-refractivity contribution is 0.400. The maximum absolute atomic E-state index is 8.81. The van der Waals surface area contributed by atoms with Gasteiger partial charge >= 0.3 is 7.12 Å². The monoisotopic (exact) mass is 350 g/mol. The van der Waals surface area contributed by atoms with Crippen LogP contribution in [0.3, 0.4) is 0 Å². The molecule has 0 radical (unpaired) electrons. The van der Waals surface area contributed by atoms with Crippen LogP contribution in [0.25, 0.3) is 0 Å². The Bertz CT molecular complexity index is 658. The molecule has 0 spiro atoms. The second-order valence-corrected chi connectivity index (χ2v) is 5.38. The molecule has 24 heavy (non-hydrogen) atoms. The van der Waals surface area contributed by atoms with Crippen molar-refractivity contribution >= 4 is 19.5 Å². The minimum Gasteiger partial charge on any atom is -0.427 e. The van der Waals surface area contributed by atoms with Crippen molar-refractivity contribution in [2.24, 2.45) is 5.73 Å². The molecule has 0 aliphatic rings.